The van der Waals surface area contributed by atoms with Crippen LogP contribution < -0.4 is 9.47 Å². The summed E-state index contributed by atoms with van der Waals surface area (Å²) in [6.45, 7) is 1.18. The Morgan fingerprint density at radius 1 is 0.850 bits per heavy atom. The average Bonchev–Trinajstić information content (AvgIpc) is 2.48. The van der Waals surface area contributed by atoms with Gasteiger partial charge in [0.25, 0.3) is 0 Å². The van der Waals surface area contributed by atoms with Crippen LogP contribution in [-0.4, -0.2) is 13.2 Å². The molecule has 0 saturated carbocycles. The molecule has 0 spiro atoms. The van der Waals surface area contributed by atoms with E-state index in [0.717, 1.165) is 23.5 Å². The zero-order valence-electron chi connectivity index (χ0n) is 11.0. The molecule has 0 aliphatic carbocycles. The number of ether oxygens (including phenoxy) is 2. The van der Waals surface area contributed by atoms with Crippen molar-refractivity contribution in [1.82, 2.24) is 0 Å². The Hall–Kier alpha value is -1.38. The minimum absolute atomic E-state index is 0.343. The second kappa shape index (κ2) is 8.03. The van der Waals surface area contributed by atoms with Gasteiger partial charge in [-0.1, -0.05) is 35.9 Å². The molecule has 0 saturated heterocycles. The number of rotatable bonds is 7. The minimum atomic E-state index is 0.343. The Labute approximate surface area is 129 Å². The van der Waals surface area contributed by atoms with Crippen molar-refractivity contribution >= 4 is 23.2 Å². The molecule has 0 unspecified atom stereocenters. The third-order valence-electron chi connectivity index (χ3n) is 2.77. The van der Waals surface area contributed by atoms with Crippen LogP contribution in [0.1, 0.15) is 12.0 Å². The average molecular weight is 311 g/mol. The summed E-state index contributed by atoms with van der Waals surface area (Å²) in [5.74, 6) is 1.96. The predicted molar refractivity (Wildman–Crippen MR) is 83.1 cm³/mol. The molecule has 0 aromatic heterocycles. The highest BCUT2D eigenvalue weighted by Gasteiger charge is 2.06. The quantitative estimate of drug-likeness (QED) is 0.533. The highest BCUT2D eigenvalue weighted by molar-refractivity contribution is 6.32. The second-order valence-corrected chi connectivity index (χ2v) is 4.89. The van der Waals surface area contributed by atoms with Crippen molar-refractivity contribution in [2.24, 2.45) is 0 Å². The molecule has 106 valence electrons. The van der Waals surface area contributed by atoms with Gasteiger partial charge in [0.15, 0.2) is 0 Å². The Balaban J connectivity index is 1.75. The summed E-state index contributed by atoms with van der Waals surface area (Å²) in [4.78, 5) is 0. The first-order valence-corrected chi connectivity index (χ1v) is 7.36. The van der Waals surface area contributed by atoms with E-state index in [1.807, 2.05) is 48.5 Å². The lowest BCUT2D eigenvalue weighted by Gasteiger charge is -2.11. The number of hydrogen-bond acceptors (Lipinski definition) is 2. The summed E-state index contributed by atoms with van der Waals surface area (Å²) in [7, 11) is 0. The first-order chi connectivity index (χ1) is 9.81. The van der Waals surface area contributed by atoms with Gasteiger partial charge in [0.1, 0.15) is 11.5 Å². The first-order valence-electron chi connectivity index (χ1n) is 6.45. The van der Waals surface area contributed by atoms with E-state index in [2.05, 4.69) is 0 Å². The molecule has 0 bridgehead atoms. The highest BCUT2D eigenvalue weighted by Crippen LogP contribution is 2.28. The van der Waals surface area contributed by atoms with Gasteiger partial charge in [0.05, 0.1) is 19.1 Å². The van der Waals surface area contributed by atoms with E-state index < -0.39 is 0 Å². The van der Waals surface area contributed by atoms with Crippen LogP contribution in [0.5, 0.6) is 11.5 Å². The first kappa shape index (κ1) is 15.0. The SMILES string of the molecule is ClCc1c(Cl)cccc1OCCCOc1ccccc1. The van der Waals surface area contributed by atoms with Gasteiger partial charge in [0, 0.05) is 17.0 Å². The molecule has 4 heteroatoms. The van der Waals surface area contributed by atoms with Crippen LogP contribution in [0.15, 0.2) is 48.5 Å². The van der Waals surface area contributed by atoms with Gasteiger partial charge in [-0.15, -0.1) is 11.6 Å². The van der Waals surface area contributed by atoms with Crippen LogP contribution in [0.3, 0.4) is 0 Å². The second-order valence-electron chi connectivity index (χ2n) is 4.21. The van der Waals surface area contributed by atoms with Crippen molar-refractivity contribution in [2.45, 2.75) is 12.3 Å². The van der Waals surface area contributed by atoms with Gasteiger partial charge in [-0.2, -0.15) is 0 Å². The molecular weight excluding hydrogens is 295 g/mol. The molecule has 0 atom stereocenters. The van der Waals surface area contributed by atoms with E-state index in [-0.39, 0.29) is 0 Å². The molecule has 0 N–H and O–H groups in total. The molecule has 0 heterocycles. The van der Waals surface area contributed by atoms with Crippen molar-refractivity contribution in [3.05, 3.63) is 59.1 Å². The molecule has 2 rings (SSSR count). The van der Waals surface area contributed by atoms with Gasteiger partial charge in [-0.3, -0.25) is 0 Å². The largest absolute Gasteiger partial charge is 0.493 e. The number of halogens is 2. The Morgan fingerprint density at radius 3 is 2.35 bits per heavy atom. The summed E-state index contributed by atoms with van der Waals surface area (Å²) in [6, 6.07) is 15.3. The van der Waals surface area contributed by atoms with Gasteiger partial charge in [0.2, 0.25) is 0 Å². The van der Waals surface area contributed by atoms with Gasteiger partial charge < -0.3 is 9.47 Å². The molecule has 0 aliphatic rings. The third-order valence-corrected chi connectivity index (χ3v) is 3.39. The fourth-order valence-electron chi connectivity index (χ4n) is 1.75. The fourth-order valence-corrected chi connectivity index (χ4v) is 2.33. The molecular formula is C16H16Cl2O2. The Bertz CT molecular complexity index is 529. The van der Waals surface area contributed by atoms with E-state index in [1.165, 1.54) is 0 Å². The smallest absolute Gasteiger partial charge is 0.125 e. The van der Waals surface area contributed by atoms with Gasteiger partial charge >= 0.3 is 0 Å². The predicted octanol–water partition coefficient (Wildman–Crippen LogP) is 4.93. The Kier molecular flexibility index (Phi) is 6.03. The van der Waals surface area contributed by atoms with Crippen molar-refractivity contribution in [2.75, 3.05) is 13.2 Å². The molecule has 0 fully saturated rings. The van der Waals surface area contributed by atoms with E-state index in [1.54, 1.807) is 0 Å². The van der Waals surface area contributed by atoms with Crippen molar-refractivity contribution in [1.29, 1.82) is 0 Å². The van der Waals surface area contributed by atoms with Crippen LogP contribution in [0, 0.1) is 0 Å². The van der Waals surface area contributed by atoms with Gasteiger partial charge in [-0.25, -0.2) is 0 Å². The molecule has 0 aliphatic heterocycles. The molecule has 0 amide bonds. The minimum Gasteiger partial charge on any atom is -0.493 e. The zero-order valence-corrected chi connectivity index (χ0v) is 12.5. The number of alkyl halides is 1. The van der Waals surface area contributed by atoms with Crippen LogP contribution in [0.4, 0.5) is 0 Å². The third kappa shape index (κ3) is 4.32. The maximum atomic E-state index is 6.06. The number of benzene rings is 2. The number of para-hydroxylation sites is 1. The van der Waals surface area contributed by atoms with Crippen molar-refractivity contribution in [3.63, 3.8) is 0 Å². The highest BCUT2D eigenvalue weighted by atomic mass is 35.5. The maximum absolute atomic E-state index is 6.06. The summed E-state index contributed by atoms with van der Waals surface area (Å²) in [5, 5.41) is 0.637. The molecule has 2 nitrogen and oxygen atoms in total. The van der Waals surface area contributed by atoms with Crippen molar-refractivity contribution < 1.29 is 9.47 Å². The Morgan fingerprint density at radius 2 is 1.60 bits per heavy atom. The molecule has 2 aromatic rings. The monoisotopic (exact) mass is 310 g/mol. The lowest BCUT2D eigenvalue weighted by molar-refractivity contribution is 0.246. The summed E-state index contributed by atoms with van der Waals surface area (Å²) in [5.41, 5.74) is 0.833. The molecule has 20 heavy (non-hydrogen) atoms. The lowest BCUT2D eigenvalue weighted by Crippen LogP contribution is -2.06. The normalized spacial score (nSPS) is 10.3. The van der Waals surface area contributed by atoms with Crippen molar-refractivity contribution in [3.8, 4) is 11.5 Å². The standard InChI is InChI=1S/C16H16Cl2O2/c17-12-14-15(18)8-4-9-16(14)20-11-5-10-19-13-6-2-1-3-7-13/h1-4,6-9H,5,10-12H2. The number of hydrogen-bond donors (Lipinski definition) is 0. The summed E-state index contributed by atoms with van der Waals surface area (Å²) < 4.78 is 11.3. The summed E-state index contributed by atoms with van der Waals surface area (Å²) >= 11 is 11.9. The molecule has 2 aromatic carbocycles. The van der Waals surface area contributed by atoms with Crippen LogP contribution >= 0.6 is 23.2 Å². The lowest BCUT2D eigenvalue weighted by atomic mass is 10.2. The van der Waals surface area contributed by atoms with Gasteiger partial charge in [-0.05, 0) is 24.3 Å². The zero-order chi connectivity index (χ0) is 14.2. The topological polar surface area (TPSA) is 18.5 Å². The fraction of sp³-hybridized carbons (Fsp3) is 0.250. The van der Waals surface area contributed by atoms with E-state index in [9.17, 15) is 0 Å². The summed E-state index contributed by atoms with van der Waals surface area (Å²) in [6.07, 6.45) is 0.795. The van der Waals surface area contributed by atoms with Crippen LogP contribution in [0.2, 0.25) is 5.02 Å². The maximum Gasteiger partial charge on any atom is 0.125 e. The van der Waals surface area contributed by atoms with E-state index in [4.69, 9.17) is 32.7 Å². The van der Waals surface area contributed by atoms with E-state index >= 15 is 0 Å². The molecule has 0 radical (unpaired) electrons. The van der Waals surface area contributed by atoms with E-state index in [0.29, 0.717) is 24.1 Å². The van der Waals surface area contributed by atoms with Crippen LogP contribution in [-0.2, 0) is 5.88 Å². The van der Waals surface area contributed by atoms with Crippen LogP contribution in [0.25, 0.3) is 0 Å².